The largest absolute Gasteiger partial charge is 0.506 e. The Morgan fingerprint density at radius 2 is 1.63 bits per heavy atom. The van der Waals surface area contributed by atoms with E-state index in [1.165, 1.54) is 0 Å². The minimum atomic E-state index is -0.211. The van der Waals surface area contributed by atoms with Gasteiger partial charge in [-0.1, -0.05) is 18.2 Å². The molecular weight excluding hydrogens is 238 g/mol. The van der Waals surface area contributed by atoms with Gasteiger partial charge < -0.3 is 10.4 Å². The molecule has 2 rings (SSSR count). The van der Waals surface area contributed by atoms with Crippen LogP contribution in [0.25, 0.3) is 0 Å². The van der Waals surface area contributed by atoms with Gasteiger partial charge in [-0.25, -0.2) is 0 Å². The summed E-state index contributed by atoms with van der Waals surface area (Å²) in [5.74, 6) is -0.123. The lowest BCUT2D eigenvalue weighted by Crippen LogP contribution is -2.13. The molecule has 0 atom stereocenters. The normalized spacial score (nSPS) is 10.3. The summed E-state index contributed by atoms with van der Waals surface area (Å²) in [5.41, 5.74) is 3.98. The summed E-state index contributed by atoms with van der Waals surface area (Å²) < 4.78 is 0. The number of phenolic OH excluding ortho intramolecular Hbond substituents is 1. The summed E-state index contributed by atoms with van der Waals surface area (Å²) in [6.45, 7) is 5.75. The van der Waals surface area contributed by atoms with Gasteiger partial charge in [0, 0.05) is 5.56 Å². The summed E-state index contributed by atoms with van der Waals surface area (Å²) in [6, 6.07) is 10.8. The molecule has 0 unspecified atom stereocenters. The van der Waals surface area contributed by atoms with Crippen molar-refractivity contribution in [3.8, 4) is 5.75 Å². The van der Waals surface area contributed by atoms with Gasteiger partial charge in [-0.2, -0.15) is 0 Å². The Hall–Kier alpha value is -2.29. The van der Waals surface area contributed by atoms with Crippen molar-refractivity contribution >= 4 is 11.6 Å². The highest BCUT2D eigenvalue weighted by molar-refractivity contribution is 6.06. The van der Waals surface area contributed by atoms with Crippen LogP contribution >= 0.6 is 0 Å². The maximum absolute atomic E-state index is 12.2. The zero-order chi connectivity index (χ0) is 14.0. The number of amides is 1. The van der Waals surface area contributed by atoms with Crippen LogP contribution in [0.5, 0.6) is 5.75 Å². The molecule has 3 heteroatoms. The van der Waals surface area contributed by atoms with Crippen molar-refractivity contribution in [3.05, 3.63) is 58.7 Å². The molecule has 0 bridgehead atoms. The fourth-order valence-corrected chi connectivity index (χ4v) is 1.92. The first kappa shape index (κ1) is 13.1. The second kappa shape index (κ2) is 5.14. The molecule has 0 aliphatic rings. The van der Waals surface area contributed by atoms with Gasteiger partial charge in [-0.05, 0) is 55.7 Å². The number of phenols is 1. The van der Waals surface area contributed by atoms with Gasteiger partial charge >= 0.3 is 0 Å². The summed E-state index contributed by atoms with van der Waals surface area (Å²) in [4.78, 5) is 12.2. The molecule has 0 spiro atoms. The molecule has 0 saturated heterocycles. The highest BCUT2D eigenvalue weighted by Gasteiger charge is 2.11. The topological polar surface area (TPSA) is 49.3 Å². The Kier molecular flexibility index (Phi) is 3.56. The number of hydrogen-bond acceptors (Lipinski definition) is 2. The molecule has 2 N–H and O–H groups in total. The number of aryl methyl sites for hydroxylation is 3. The van der Waals surface area contributed by atoms with E-state index < -0.39 is 0 Å². The van der Waals surface area contributed by atoms with E-state index in [1.54, 1.807) is 18.2 Å². The second-order valence-corrected chi connectivity index (χ2v) is 4.72. The van der Waals surface area contributed by atoms with Crippen LogP contribution in [0.1, 0.15) is 27.0 Å². The van der Waals surface area contributed by atoms with Gasteiger partial charge in [0.05, 0.1) is 5.69 Å². The Balaban J connectivity index is 2.30. The third kappa shape index (κ3) is 2.76. The SMILES string of the molecule is Cc1cc(O)c(NC(=O)c2ccccc2C)cc1C. The van der Waals surface area contributed by atoms with E-state index in [4.69, 9.17) is 0 Å². The number of carbonyl (C=O) groups is 1. The van der Waals surface area contributed by atoms with E-state index in [1.807, 2.05) is 39.0 Å². The number of rotatable bonds is 2. The average Bonchev–Trinajstić information content (AvgIpc) is 2.36. The summed E-state index contributed by atoms with van der Waals surface area (Å²) in [7, 11) is 0. The standard InChI is InChI=1S/C16H17NO2/c1-10-6-4-5-7-13(10)16(19)17-14-8-11(2)12(3)9-15(14)18/h4-9,18H,1-3H3,(H,17,19). The highest BCUT2D eigenvalue weighted by Crippen LogP contribution is 2.27. The summed E-state index contributed by atoms with van der Waals surface area (Å²) in [6.07, 6.45) is 0. The Bertz CT molecular complexity index is 633. The van der Waals surface area contributed by atoms with Crippen LogP contribution in [-0.4, -0.2) is 11.0 Å². The van der Waals surface area contributed by atoms with Crippen molar-refractivity contribution in [1.29, 1.82) is 0 Å². The van der Waals surface area contributed by atoms with E-state index in [0.717, 1.165) is 16.7 Å². The van der Waals surface area contributed by atoms with Gasteiger partial charge in [0.15, 0.2) is 0 Å². The Morgan fingerprint density at radius 3 is 2.32 bits per heavy atom. The number of benzene rings is 2. The predicted octanol–water partition coefficient (Wildman–Crippen LogP) is 3.57. The van der Waals surface area contributed by atoms with E-state index in [2.05, 4.69) is 5.32 Å². The first-order valence-corrected chi connectivity index (χ1v) is 6.16. The van der Waals surface area contributed by atoms with E-state index in [-0.39, 0.29) is 11.7 Å². The van der Waals surface area contributed by atoms with Crippen LogP contribution in [0.4, 0.5) is 5.69 Å². The van der Waals surface area contributed by atoms with Crippen LogP contribution in [0, 0.1) is 20.8 Å². The van der Waals surface area contributed by atoms with Crippen molar-refractivity contribution in [1.82, 2.24) is 0 Å². The number of nitrogens with one attached hydrogen (secondary N) is 1. The predicted molar refractivity (Wildman–Crippen MR) is 76.7 cm³/mol. The lowest BCUT2D eigenvalue weighted by molar-refractivity contribution is 0.102. The molecule has 0 heterocycles. The summed E-state index contributed by atoms with van der Waals surface area (Å²) >= 11 is 0. The minimum absolute atomic E-state index is 0.0880. The van der Waals surface area contributed by atoms with Crippen molar-refractivity contribution in [2.45, 2.75) is 20.8 Å². The molecule has 0 saturated carbocycles. The third-order valence-corrected chi connectivity index (χ3v) is 3.25. The zero-order valence-corrected chi connectivity index (χ0v) is 11.3. The Morgan fingerprint density at radius 1 is 1.00 bits per heavy atom. The van der Waals surface area contributed by atoms with Crippen molar-refractivity contribution in [2.75, 3.05) is 5.32 Å². The van der Waals surface area contributed by atoms with Crippen LogP contribution < -0.4 is 5.32 Å². The molecular formula is C16H17NO2. The monoisotopic (exact) mass is 255 g/mol. The van der Waals surface area contributed by atoms with Crippen LogP contribution in [-0.2, 0) is 0 Å². The highest BCUT2D eigenvalue weighted by atomic mass is 16.3. The van der Waals surface area contributed by atoms with E-state index in [0.29, 0.717) is 11.3 Å². The number of hydrogen-bond donors (Lipinski definition) is 2. The van der Waals surface area contributed by atoms with Crippen LogP contribution in [0.3, 0.4) is 0 Å². The van der Waals surface area contributed by atoms with Gasteiger partial charge in [0.1, 0.15) is 5.75 Å². The van der Waals surface area contributed by atoms with E-state index in [9.17, 15) is 9.90 Å². The molecule has 1 amide bonds. The average molecular weight is 255 g/mol. The molecule has 2 aromatic rings. The number of carbonyl (C=O) groups excluding carboxylic acids is 1. The van der Waals surface area contributed by atoms with Crippen LogP contribution in [0.2, 0.25) is 0 Å². The zero-order valence-electron chi connectivity index (χ0n) is 11.3. The molecule has 0 aromatic heterocycles. The van der Waals surface area contributed by atoms with Crippen molar-refractivity contribution in [2.24, 2.45) is 0 Å². The molecule has 19 heavy (non-hydrogen) atoms. The fourth-order valence-electron chi connectivity index (χ4n) is 1.92. The van der Waals surface area contributed by atoms with Crippen molar-refractivity contribution < 1.29 is 9.90 Å². The molecule has 0 radical (unpaired) electrons. The number of aromatic hydroxyl groups is 1. The smallest absolute Gasteiger partial charge is 0.256 e. The second-order valence-electron chi connectivity index (χ2n) is 4.72. The lowest BCUT2D eigenvalue weighted by Gasteiger charge is -2.11. The molecule has 0 fully saturated rings. The first-order chi connectivity index (χ1) is 8.99. The van der Waals surface area contributed by atoms with Crippen molar-refractivity contribution in [3.63, 3.8) is 0 Å². The molecule has 3 nitrogen and oxygen atoms in total. The molecule has 2 aromatic carbocycles. The van der Waals surface area contributed by atoms with Gasteiger partial charge in [-0.15, -0.1) is 0 Å². The van der Waals surface area contributed by atoms with E-state index >= 15 is 0 Å². The number of anilines is 1. The van der Waals surface area contributed by atoms with Gasteiger partial charge in [-0.3, -0.25) is 4.79 Å². The van der Waals surface area contributed by atoms with Gasteiger partial charge in [0.25, 0.3) is 5.91 Å². The first-order valence-electron chi connectivity index (χ1n) is 6.16. The maximum Gasteiger partial charge on any atom is 0.256 e. The quantitative estimate of drug-likeness (QED) is 0.806. The maximum atomic E-state index is 12.2. The molecule has 0 aliphatic heterocycles. The lowest BCUT2D eigenvalue weighted by atomic mass is 10.1. The van der Waals surface area contributed by atoms with Gasteiger partial charge in [0.2, 0.25) is 0 Å². The Labute approximate surface area is 112 Å². The summed E-state index contributed by atoms with van der Waals surface area (Å²) in [5, 5.41) is 12.6. The molecule has 0 aliphatic carbocycles. The third-order valence-electron chi connectivity index (χ3n) is 3.25. The minimum Gasteiger partial charge on any atom is -0.506 e. The molecule has 98 valence electrons. The van der Waals surface area contributed by atoms with Crippen LogP contribution in [0.15, 0.2) is 36.4 Å². The fraction of sp³-hybridized carbons (Fsp3) is 0.188.